The molecule has 1 aromatic heterocycles. The van der Waals surface area contributed by atoms with Gasteiger partial charge in [-0.05, 0) is 56.4 Å². The van der Waals surface area contributed by atoms with Gasteiger partial charge in [-0.1, -0.05) is 24.6 Å². The Bertz CT molecular complexity index is 782. The highest BCUT2D eigenvalue weighted by Gasteiger charge is 2.21. The fourth-order valence-corrected chi connectivity index (χ4v) is 3.60. The van der Waals surface area contributed by atoms with Crippen LogP contribution < -0.4 is 4.74 Å². The maximum absolute atomic E-state index is 10.5. The number of ether oxygens (including phenoxy) is 1. The van der Waals surface area contributed by atoms with E-state index in [0.29, 0.717) is 18.3 Å². The van der Waals surface area contributed by atoms with E-state index in [0.717, 1.165) is 42.7 Å². The third kappa shape index (κ3) is 5.33. The summed E-state index contributed by atoms with van der Waals surface area (Å²) < 4.78 is 5.88. The van der Waals surface area contributed by atoms with Crippen molar-refractivity contribution in [3.8, 4) is 22.6 Å². The third-order valence-electron chi connectivity index (χ3n) is 4.97. The Morgan fingerprint density at radius 3 is 2.93 bits per heavy atom. The molecule has 1 aliphatic heterocycles. The van der Waals surface area contributed by atoms with Crippen molar-refractivity contribution in [2.24, 2.45) is 5.92 Å². The summed E-state index contributed by atoms with van der Waals surface area (Å²) in [5.41, 5.74) is 4.41. The highest BCUT2D eigenvalue weighted by atomic mass is 16.5. The first-order valence-corrected chi connectivity index (χ1v) is 9.77. The molecule has 0 saturated carbocycles. The SMILES string of the molecule is CC(C)=CCC[C@@H](C)CN1CCOc2c(O)cc(-c3cccnc3)cc2C1. The number of pyridine rings is 1. The second-order valence-electron chi connectivity index (χ2n) is 7.77. The molecular weight excluding hydrogens is 336 g/mol. The van der Waals surface area contributed by atoms with E-state index >= 15 is 0 Å². The van der Waals surface area contributed by atoms with Gasteiger partial charge in [0.25, 0.3) is 0 Å². The van der Waals surface area contributed by atoms with Crippen molar-refractivity contribution >= 4 is 0 Å². The highest BCUT2D eigenvalue weighted by molar-refractivity contribution is 5.68. The molecule has 0 fully saturated rings. The van der Waals surface area contributed by atoms with Gasteiger partial charge in [0.05, 0.1) is 0 Å². The molecule has 4 nitrogen and oxygen atoms in total. The smallest absolute Gasteiger partial charge is 0.165 e. The number of phenolic OH excluding ortho intramolecular Hbond substituents is 1. The van der Waals surface area contributed by atoms with Gasteiger partial charge in [-0.15, -0.1) is 0 Å². The van der Waals surface area contributed by atoms with E-state index in [1.807, 2.05) is 18.3 Å². The molecular formula is C23H30N2O2. The molecule has 1 atom stereocenters. The third-order valence-corrected chi connectivity index (χ3v) is 4.97. The Labute approximate surface area is 162 Å². The molecule has 144 valence electrons. The minimum absolute atomic E-state index is 0.213. The summed E-state index contributed by atoms with van der Waals surface area (Å²) in [6.45, 7) is 9.94. The van der Waals surface area contributed by atoms with Gasteiger partial charge in [0, 0.05) is 43.2 Å². The van der Waals surface area contributed by atoms with Crippen LogP contribution in [0.1, 0.15) is 39.2 Å². The summed E-state index contributed by atoms with van der Waals surface area (Å²) in [4.78, 5) is 6.62. The lowest BCUT2D eigenvalue weighted by Crippen LogP contribution is -2.30. The van der Waals surface area contributed by atoms with E-state index in [-0.39, 0.29) is 5.75 Å². The lowest BCUT2D eigenvalue weighted by atomic mass is 10.0. The number of aromatic nitrogens is 1. The second kappa shape index (κ2) is 9.05. The number of fused-ring (bicyclic) bond motifs is 1. The normalized spacial score (nSPS) is 15.4. The predicted octanol–water partition coefficient (Wildman–Crippen LogP) is 5.03. The molecule has 2 heterocycles. The molecule has 4 heteroatoms. The van der Waals surface area contributed by atoms with Gasteiger partial charge in [-0.3, -0.25) is 9.88 Å². The Kier molecular flexibility index (Phi) is 6.51. The highest BCUT2D eigenvalue weighted by Crippen LogP contribution is 2.37. The number of phenols is 1. The van der Waals surface area contributed by atoms with Crippen molar-refractivity contribution in [1.29, 1.82) is 0 Å². The maximum atomic E-state index is 10.5. The van der Waals surface area contributed by atoms with E-state index in [1.165, 1.54) is 12.0 Å². The van der Waals surface area contributed by atoms with Gasteiger partial charge in [-0.25, -0.2) is 0 Å². The monoisotopic (exact) mass is 366 g/mol. The van der Waals surface area contributed by atoms with Crippen LogP contribution in [0.25, 0.3) is 11.1 Å². The number of hydrogen-bond acceptors (Lipinski definition) is 4. The van der Waals surface area contributed by atoms with Crippen molar-refractivity contribution < 1.29 is 9.84 Å². The van der Waals surface area contributed by atoms with Crippen LogP contribution in [0.4, 0.5) is 0 Å². The molecule has 0 aliphatic carbocycles. The van der Waals surface area contributed by atoms with E-state index in [2.05, 4.69) is 42.8 Å². The van der Waals surface area contributed by atoms with Crippen LogP contribution in [-0.2, 0) is 6.54 Å². The van der Waals surface area contributed by atoms with Crippen LogP contribution in [-0.4, -0.2) is 34.7 Å². The van der Waals surface area contributed by atoms with Gasteiger partial charge in [0.15, 0.2) is 11.5 Å². The lowest BCUT2D eigenvalue weighted by Gasteiger charge is -2.23. The van der Waals surface area contributed by atoms with E-state index in [9.17, 15) is 5.11 Å². The van der Waals surface area contributed by atoms with Crippen LogP contribution in [0.3, 0.4) is 0 Å². The molecule has 0 amide bonds. The molecule has 0 saturated heterocycles. The Morgan fingerprint density at radius 1 is 1.33 bits per heavy atom. The molecule has 0 unspecified atom stereocenters. The van der Waals surface area contributed by atoms with Gasteiger partial charge in [0.1, 0.15) is 6.61 Å². The number of nitrogens with zero attached hydrogens (tertiary/aromatic N) is 2. The summed E-state index contributed by atoms with van der Waals surface area (Å²) in [6.07, 6.45) is 8.22. The number of benzene rings is 1. The van der Waals surface area contributed by atoms with Crippen LogP contribution in [0.2, 0.25) is 0 Å². The van der Waals surface area contributed by atoms with Crippen molar-refractivity contribution in [2.75, 3.05) is 19.7 Å². The van der Waals surface area contributed by atoms with Crippen molar-refractivity contribution in [3.05, 3.63) is 53.9 Å². The van der Waals surface area contributed by atoms with Crippen molar-refractivity contribution in [1.82, 2.24) is 9.88 Å². The summed E-state index contributed by atoms with van der Waals surface area (Å²) in [7, 11) is 0. The van der Waals surface area contributed by atoms with Crippen LogP contribution in [0.5, 0.6) is 11.5 Å². The summed E-state index contributed by atoms with van der Waals surface area (Å²) >= 11 is 0. The maximum Gasteiger partial charge on any atom is 0.165 e. The van der Waals surface area contributed by atoms with Crippen LogP contribution in [0, 0.1) is 5.92 Å². The van der Waals surface area contributed by atoms with E-state index in [1.54, 1.807) is 12.3 Å². The predicted molar refractivity (Wildman–Crippen MR) is 110 cm³/mol. The van der Waals surface area contributed by atoms with Gasteiger partial charge in [-0.2, -0.15) is 0 Å². The lowest BCUT2D eigenvalue weighted by molar-refractivity contribution is 0.198. The Hall–Kier alpha value is -2.33. The summed E-state index contributed by atoms with van der Waals surface area (Å²) in [5.74, 6) is 1.46. The average molecular weight is 367 g/mol. The molecule has 0 radical (unpaired) electrons. The fraction of sp³-hybridized carbons (Fsp3) is 0.435. The zero-order chi connectivity index (χ0) is 19.2. The number of hydrogen-bond donors (Lipinski definition) is 1. The number of aromatic hydroxyl groups is 1. The first kappa shape index (κ1) is 19.4. The molecule has 0 spiro atoms. The van der Waals surface area contributed by atoms with Gasteiger partial charge >= 0.3 is 0 Å². The van der Waals surface area contributed by atoms with Crippen molar-refractivity contribution in [3.63, 3.8) is 0 Å². The van der Waals surface area contributed by atoms with Crippen LogP contribution in [0.15, 0.2) is 48.3 Å². The topological polar surface area (TPSA) is 45.6 Å². The zero-order valence-electron chi connectivity index (χ0n) is 16.6. The molecule has 1 N–H and O–H groups in total. The van der Waals surface area contributed by atoms with Crippen molar-refractivity contribution in [2.45, 2.75) is 40.2 Å². The number of rotatable bonds is 6. The first-order valence-electron chi connectivity index (χ1n) is 9.77. The minimum atomic E-state index is 0.213. The quantitative estimate of drug-likeness (QED) is 0.728. The molecule has 0 bridgehead atoms. The summed E-state index contributed by atoms with van der Waals surface area (Å²) in [5, 5.41) is 10.5. The zero-order valence-corrected chi connectivity index (χ0v) is 16.6. The van der Waals surface area contributed by atoms with Crippen LogP contribution >= 0.6 is 0 Å². The first-order chi connectivity index (χ1) is 13.0. The molecule has 2 aromatic rings. The molecule has 3 rings (SSSR count). The van der Waals surface area contributed by atoms with Gasteiger partial charge < -0.3 is 9.84 Å². The average Bonchev–Trinajstić information content (AvgIpc) is 2.84. The van der Waals surface area contributed by atoms with E-state index in [4.69, 9.17) is 4.74 Å². The molecule has 1 aromatic carbocycles. The fourth-order valence-electron chi connectivity index (χ4n) is 3.60. The Balaban J connectivity index is 1.74. The Morgan fingerprint density at radius 2 is 2.19 bits per heavy atom. The standard InChI is InChI=1S/C23H30N2O2/c1-17(2)6-4-7-18(3)15-25-10-11-27-23-21(16-25)12-20(13-22(23)26)19-8-5-9-24-14-19/h5-6,8-9,12-14,18,26H,4,7,10-11,15-16H2,1-3H3/t18-/m1/s1. The number of allylic oxidation sites excluding steroid dienone is 2. The molecule has 1 aliphatic rings. The molecule has 27 heavy (non-hydrogen) atoms. The largest absolute Gasteiger partial charge is 0.504 e. The minimum Gasteiger partial charge on any atom is -0.504 e. The van der Waals surface area contributed by atoms with Gasteiger partial charge in [0.2, 0.25) is 0 Å². The van der Waals surface area contributed by atoms with E-state index < -0.39 is 0 Å². The summed E-state index contributed by atoms with van der Waals surface area (Å²) in [6, 6.07) is 7.82. The second-order valence-corrected chi connectivity index (χ2v) is 7.77.